The number of ether oxygens (including phenoxy) is 1. The SMILES string of the molecule is CC(=NCC(C)(C)O)C(=CN)Nc1ncc2cc(Cl)c(C3CCN(C4COC4)CC3F)cc2n1. The molecule has 184 valence electrons. The summed E-state index contributed by atoms with van der Waals surface area (Å²) in [6, 6.07) is 3.99. The zero-order valence-corrected chi connectivity index (χ0v) is 20.5. The molecule has 3 heterocycles. The lowest BCUT2D eigenvalue weighted by Gasteiger charge is -2.43. The summed E-state index contributed by atoms with van der Waals surface area (Å²) in [6.07, 6.45) is 2.74. The number of piperidine rings is 1. The Morgan fingerprint density at radius 1 is 1.44 bits per heavy atom. The quantitative estimate of drug-likeness (QED) is 0.511. The summed E-state index contributed by atoms with van der Waals surface area (Å²) in [6.45, 7) is 7.96. The van der Waals surface area contributed by atoms with Crippen molar-refractivity contribution in [2.75, 3.05) is 38.2 Å². The van der Waals surface area contributed by atoms with Crippen LogP contribution in [0.5, 0.6) is 0 Å². The fourth-order valence-electron chi connectivity index (χ4n) is 4.23. The van der Waals surface area contributed by atoms with Gasteiger partial charge in [0.2, 0.25) is 5.95 Å². The third kappa shape index (κ3) is 5.66. The van der Waals surface area contributed by atoms with E-state index < -0.39 is 11.8 Å². The van der Waals surface area contributed by atoms with Crippen molar-refractivity contribution in [3.63, 3.8) is 0 Å². The maximum absolute atomic E-state index is 15.2. The van der Waals surface area contributed by atoms with E-state index in [0.717, 1.165) is 17.5 Å². The van der Waals surface area contributed by atoms with Crippen LogP contribution in [-0.4, -0.2) is 76.3 Å². The van der Waals surface area contributed by atoms with Gasteiger partial charge in [-0.15, -0.1) is 0 Å². The third-order valence-corrected chi connectivity index (χ3v) is 6.64. The first-order valence-electron chi connectivity index (χ1n) is 11.5. The maximum Gasteiger partial charge on any atom is 0.227 e. The number of fused-ring (bicyclic) bond motifs is 1. The summed E-state index contributed by atoms with van der Waals surface area (Å²) in [5.41, 5.74) is 7.45. The molecule has 4 N–H and O–H groups in total. The Balaban J connectivity index is 1.54. The van der Waals surface area contributed by atoms with Gasteiger partial charge in [-0.05, 0) is 51.4 Å². The number of rotatable bonds is 7. The van der Waals surface area contributed by atoms with Crippen molar-refractivity contribution in [1.82, 2.24) is 14.9 Å². The van der Waals surface area contributed by atoms with Crippen LogP contribution in [0.15, 0.2) is 35.2 Å². The lowest BCUT2D eigenvalue weighted by atomic mass is 9.86. The molecular formula is C24H32ClFN6O2. The van der Waals surface area contributed by atoms with Crippen LogP contribution in [0.2, 0.25) is 5.02 Å². The Morgan fingerprint density at radius 2 is 2.21 bits per heavy atom. The third-order valence-electron chi connectivity index (χ3n) is 6.31. The molecule has 0 radical (unpaired) electrons. The van der Waals surface area contributed by atoms with Gasteiger partial charge in [-0.25, -0.2) is 14.4 Å². The monoisotopic (exact) mass is 490 g/mol. The maximum atomic E-state index is 15.2. The number of nitrogens with two attached hydrogens (primary N) is 1. The van der Waals surface area contributed by atoms with Crippen molar-refractivity contribution < 1.29 is 14.2 Å². The standard InChI is InChI=1S/C24H32ClFN6O2/c1-14(29-13-24(2,3)33)22(8-27)31-23-28-9-15-6-19(25)18(7-21(15)30-23)17-4-5-32(10-20(17)26)16-11-34-12-16/h6-9,16-17,20,33H,4-5,10-13,27H2,1-3H3,(H,28,30,31). The molecule has 2 atom stereocenters. The lowest BCUT2D eigenvalue weighted by molar-refractivity contribution is -0.0806. The molecule has 4 rings (SSSR count). The number of nitrogens with zero attached hydrogens (tertiary/aromatic N) is 4. The molecule has 0 spiro atoms. The molecule has 0 aliphatic carbocycles. The van der Waals surface area contributed by atoms with Gasteiger partial charge in [-0.2, -0.15) is 0 Å². The second-order valence-electron chi connectivity index (χ2n) is 9.64. The summed E-state index contributed by atoms with van der Waals surface area (Å²) in [5.74, 6) is 0.0584. The molecule has 2 unspecified atom stereocenters. The molecule has 10 heteroatoms. The number of aliphatic hydroxyl groups is 1. The van der Waals surface area contributed by atoms with Gasteiger partial charge in [0.25, 0.3) is 0 Å². The summed E-state index contributed by atoms with van der Waals surface area (Å²) in [5, 5.41) is 14.3. The van der Waals surface area contributed by atoms with Crippen LogP contribution in [0.3, 0.4) is 0 Å². The molecular weight excluding hydrogens is 459 g/mol. The number of anilines is 1. The van der Waals surface area contributed by atoms with Gasteiger partial charge in [0, 0.05) is 35.3 Å². The number of benzene rings is 1. The first-order valence-corrected chi connectivity index (χ1v) is 11.9. The van der Waals surface area contributed by atoms with Crippen molar-refractivity contribution in [2.45, 2.75) is 50.9 Å². The zero-order chi connectivity index (χ0) is 24.5. The number of halogens is 2. The van der Waals surface area contributed by atoms with Gasteiger partial charge < -0.3 is 20.9 Å². The summed E-state index contributed by atoms with van der Waals surface area (Å²) < 4.78 is 20.4. The van der Waals surface area contributed by atoms with E-state index in [0.29, 0.717) is 60.1 Å². The van der Waals surface area contributed by atoms with Gasteiger partial charge in [0.15, 0.2) is 0 Å². The first-order chi connectivity index (χ1) is 16.1. The number of likely N-dealkylation sites (tertiary alicyclic amines) is 1. The minimum absolute atomic E-state index is 0.231. The smallest absolute Gasteiger partial charge is 0.227 e. The van der Waals surface area contributed by atoms with E-state index >= 15 is 4.39 Å². The molecule has 2 aliphatic rings. The molecule has 8 nitrogen and oxygen atoms in total. The van der Waals surface area contributed by atoms with E-state index in [1.54, 1.807) is 33.0 Å². The molecule has 2 fully saturated rings. The summed E-state index contributed by atoms with van der Waals surface area (Å²) in [7, 11) is 0. The van der Waals surface area contributed by atoms with Crippen molar-refractivity contribution in [3.8, 4) is 0 Å². The van der Waals surface area contributed by atoms with Crippen LogP contribution in [0, 0.1) is 0 Å². The molecule has 2 saturated heterocycles. The molecule has 2 aromatic rings. The largest absolute Gasteiger partial charge is 0.403 e. The first kappa shape index (κ1) is 24.8. The summed E-state index contributed by atoms with van der Waals surface area (Å²) >= 11 is 6.57. The van der Waals surface area contributed by atoms with Gasteiger partial charge >= 0.3 is 0 Å². The van der Waals surface area contributed by atoms with E-state index in [9.17, 15) is 5.11 Å². The number of alkyl halides is 1. The number of hydrogen-bond acceptors (Lipinski definition) is 8. The number of nitrogens with one attached hydrogen (secondary N) is 1. The number of hydrogen-bond donors (Lipinski definition) is 3. The Morgan fingerprint density at radius 3 is 2.82 bits per heavy atom. The van der Waals surface area contributed by atoms with E-state index in [2.05, 4.69) is 25.2 Å². The van der Waals surface area contributed by atoms with Crippen molar-refractivity contribution in [2.24, 2.45) is 10.7 Å². The van der Waals surface area contributed by atoms with Crippen molar-refractivity contribution >= 4 is 34.2 Å². The molecule has 0 bridgehead atoms. The Labute approximate surface area is 204 Å². The molecule has 34 heavy (non-hydrogen) atoms. The molecule has 1 aromatic carbocycles. The van der Waals surface area contributed by atoms with Gasteiger partial charge in [0.05, 0.1) is 48.3 Å². The van der Waals surface area contributed by atoms with Crippen LogP contribution in [0.25, 0.3) is 10.9 Å². The van der Waals surface area contributed by atoms with Crippen LogP contribution < -0.4 is 11.1 Å². The average Bonchev–Trinajstić information content (AvgIpc) is 2.74. The number of aliphatic imine (C=N–C) groups is 1. The highest BCUT2D eigenvalue weighted by molar-refractivity contribution is 6.32. The summed E-state index contributed by atoms with van der Waals surface area (Å²) in [4.78, 5) is 15.5. The molecule has 0 amide bonds. The Kier molecular flexibility index (Phi) is 7.37. The lowest BCUT2D eigenvalue weighted by Crippen LogP contribution is -2.54. The van der Waals surface area contributed by atoms with E-state index in [4.69, 9.17) is 22.1 Å². The van der Waals surface area contributed by atoms with Gasteiger partial charge in [-0.3, -0.25) is 9.89 Å². The highest BCUT2D eigenvalue weighted by Gasteiger charge is 2.36. The topological polar surface area (TPSA) is 109 Å². The highest BCUT2D eigenvalue weighted by Crippen LogP contribution is 2.37. The predicted molar refractivity (Wildman–Crippen MR) is 133 cm³/mol. The highest BCUT2D eigenvalue weighted by atomic mass is 35.5. The number of aromatic nitrogens is 2. The van der Waals surface area contributed by atoms with Gasteiger partial charge in [0.1, 0.15) is 6.17 Å². The average molecular weight is 491 g/mol. The van der Waals surface area contributed by atoms with Crippen LogP contribution in [0.1, 0.15) is 38.7 Å². The van der Waals surface area contributed by atoms with E-state index in [-0.39, 0.29) is 12.5 Å². The van der Waals surface area contributed by atoms with E-state index in [1.807, 2.05) is 6.07 Å². The van der Waals surface area contributed by atoms with Crippen molar-refractivity contribution in [3.05, 3.63) is 40.8 Å². The zero-order valence-electron chi connectivity index (χ0n) is 19.8. The van der Waals surface area contributed by atoms with Crippen LogP contribution in [0.4, 0.5) is 10.3 Å². The van der Waals surface area contributed by atoms with Crippen LogP contribution in [-0.2, 0) is 4.74 Å². The fourth-order valence-corrected chi connectivity index (χ4v) is 4.54. The molecule has 2 aliphatic heterocycles. The Bertz CT molecular complexity index is 1100. The number of allylic oxidation sites excluding steroid dienone is 1. The Hall–Kier alpha value is -2.33. The van der Waals surface area contributed by atoms with Gasteiger partial charge in [-0.1, -0.05) is 11.6 Å². The second-order valence-corrected chi connectivity index (χ2v) is 10.1. The van der Waals surface area contributed by atoms with Crippen LogP contribution >= 0.6 is 11.6 Å². The molecule has 1 aromatic heterocycles. The normalized spacial score (nSPS) is 23.2. The van der Waals surface area contributed by atoms with E-state index in [1.165, 1.54) is 6.20 Å². The predicted octanol–water partition coefficient (Wildman–Crippen LogP) is 3.25. The second kappa shape index (κ2) is 10.1. The molecule has 0 saturated carbocycles. The minimum Gasteiger partial charge on any atom is -0.403 e. The fraction of sp³-hybridized carbons (Fsp3) is 0.542. The minimum atomic E-state index is -1.01. The van der Waals surface area contributed by atoms with Crippen molar-refractivity contribution in [1.29, 1.82) is 0 Å².